The van der Waals surface area contributed by atoms with Crippen LogP contribution in [0.3, 0.4) is 0 Å². The Bertz CT molecular complexity index is 1660. The number of anilines is 1. The number of amides is 3. The van der Waals surface area contributed by atoms with Crippen molar-refractivity contribution < 1.29 is 42.0 Å². The number of carbonyl (C=O) groups is 3. The van der Waals surface area contributed by atoms with Crippen LogP contribution in [0.2, 0.25) is 0 Å². The highest BCUT2D eigenvalue weighted by molar-refractivity contribution is 8.18. The van der Waals surface area contributed by atoms with Gasteiger partial charge in [0.15, 0.2) is 11.5 Å². The molecule has 43 heavy (non-hydrogen) atoms. The molecule has 3 aromatic carbocycles. The number of nitro benzene ring substituents is 1. The molecule has 1 saturated heterocycles. The highest BCUT2D eigenvalue weighted by Gasteiger charge is 2.37. The van der Waals surface area contributed by atoms with Crippen molar-refractivity contribution in [1.82, 2.24) is 4.90 Å². The molecule has 0 unspecified atom stereocenters. The molecule has 14 heteroatoms. The van der Waals surface area contributed by atoms with Crippen LogP contribution in [0.15, 0.2) is 59.5 Å². The number of hydrogen-bond donors (Lipinski definition) is 1. The minimum absolute atomic E-state index is 0.0296. The fourth-order valence-electron chi connectivity index (χ4n) is 4.08. The SMILES string of the molecule is CCOc1cc(/C=C2/SC(=O)N(CC(=O)Nc3ccc(C)cc3C)C2=O)ccc1Oc1ccc(C(F)(F)F)cc1[N+](=O)[O-]. The number of thioether (sulfide) groups is 1. The molecule has 0 saturated carbocycles. The Morgan fingerprint density at radius 3 is 2.42 bits per heavy atom. The number of rotatable bonds is 9. The van der Waals surface area contributed by atoms with Gasteiger partial charge in [-0.15, -0.1) is 0 Å². The lowest BCUT2D eigenvalue weighted by atomic mass is 10.1. The molecule has 10 nitrogen and oxygen atoms in total. The lowest BCUT2D eigenvalue weighted by Gasteiger charge is -2.14. The van der Waals surface area contributed by atoms with Crippen molar-refractivity contribution in [1.29, 1.82) is 0 Å². The van der Waals surface area contributed by atoms with E-state index >= 15 is 0 Å². The molecule has 3 aromatic rings. The molecule has 0 atom stereocenters. The molecule has 1 aliphatic heterocycles. The first kappa shape index (κ1) is 31.1. The molecule has 1 fully saturated rings. The Kier molecular flexibility index (Phi) is 9.09. The average molecular weight is 616 g/mol. The molecule has 1 aliphatic rings. The normalized spacial score (nSPS) is 14.3. The zero-order chi connectivity index (χ0) is 31.5. The second kappa shape index (κ2) is 12.6. The van der Waals surface area contributed by atoms with Crippen LogP contribution in [-0.4, -0.2) is 40.0 Å². The first-order valence-corrected chi connectivity index (χ1v) is 13.5. The van der Waals surface area contributed by atoms with E-state index in [2.05, 4.69) is 5.32 Å². The maximum absolute atomic E-state index is 13.1. The van der Waals surface area contributed by atoms with Crippen LogP contribution in [0.4, 0.5) is 29.3 Å². The molecule has 1 heterocycles. The molecule has 0 aromatic heterocycles. The lowest BCUT2D eigenvalue weighted by Crippen LogP contribution is -2.36. The van der Waals surface area contributed by atoms with Gasteiger partial charge in [-0.1, -0.05) is 23.8 Å². The molecule has 0 spiro atoms. The summed E-state index contributed by atoms with van der Waals surface area (Å²) in [5.41, 5.74) is 0.695. The standard InChI is InChI=1S/C29H24F3N3O7S/c1-4-41-24-12-18(6-9-23(24)42-22-10-7-19(29(30,31)32)14-21(22)35(39)40)13-25-27(37)34(28(38)43-25)15-26(36)33-20-8-5-16(2)11-17(20)3/h5-14H,4,15H2,1-3H3,(H,33,36)/b25-13+. The Morgan fingerprint density at radius 1 is 1.05 bits per heavy atom. The number of halogens is 3. The summed E-state index contributed by atoms with van der Waals surface area (Å²) in [7, 11) is 0. The van der Waals surface area contributed by atoms with E-state index < -0.39 is 51.7 Å². The number of benzene rings is 3. The van der Waals surface area contributed by atoms with E-state index in [1.807, 2.05) is 26.0 Å². The van der Waals surface area contributed by atoms with Gasteiger partial charge in [-0.2, -0.15) is 13.2 Å². The number of nitrogens with zero attached hydrogens (tertiary/aromatic N) is 2. The van der Waals surface area contributed by atoms with Crippen molar-refractivity contribution in [2.45, 2.75) is 26.9 Å². The first-order chi connectivity index (χ1) is 20.3. The zero-order valence-electron chi connectivity index (χ0n) is 23.0. The van der Waals surface area contributed by atoms with E-state index in [1.165, 1.54) is 24.3 Å². The largest absolute Gasteiger partial charge is 0.490 e. The van der Waals surface area contributed by atoms with Crippen molar-refractivity contribution in [3.05, 3.63) is 91.9 Å². The number of ether oxygens (including phenoxy) is 2. The monoisotopic (exact) mass is 615 g/mol. The van der Waals surface area contributed by atoms with Gasteiger partial charge in [0, 0.05) is 11.8 Å². The van der Waals surface area contributed by atoms with Gasteiger partial charge in [0.05, 0.1) is 22.0 Å². The molecule has 3 amide bonds. The Balaban J connectivity index is 1.53. The highest BCUT2D eigenvalue weighted by Crippen LogP contribution is 2.41. The molecule has 1 N–H and O–H groups in total. The van der Waals surface area contributed by atoms with E-state index in [0.717, 1.165) is 22.1 Å². The summed E-state index contributed by atoms with van der Waals surface area (Å²) in [6.07, 6.45) is -3.38. The second-order valence-electron chi connectivity index (χ2n) is 9.31. The maximum Gasteiger partial charge on any atom is 0.416 e. The number of imide groups is 1. The van der Waals surface area contributed by atoms with Crippen LogP contribution in [-0.2, 0) is 15.8 Å². The average Bonchev–Trinajstić information content (AvgIpc) is 3.18. The fourth-order valence-corrected chi connectivity index (χ4v) is 4.92. The van der Waals surface area contributed by atoms with Gasteiger partial charge in [0.1, 0.15) is 6.54 Å². The van der Waals surface area contributed by atoms with Crippen LogP contribution in [0.5, 0.6) is 17.2 Å². The number of alkyl halides is 3. The quantitative estimate of drug-likeness (QED) is 0.153. The fraction of sp³-hybridized carbons (Fsp3) is 0.207. The summed E-state index contributed by atoms with van der Waals surface area (Å²) in [5, 5.41) is 13.5. The lowest BCUT2D eigenvalue weighted by molar-refractivity contribution is -0.385. The van der Waals surface area contributed by atoms with E-state index in [-0.39, 0.29) is 23.0 Å². The summed E-state index contributed by atoms with van der Waals surface area (Å²) < 4.78 is 50.3. The topological polar surface area (TPSA) is 128 Å². The van der Waals surface area contributed by atoms with Gasteiger partial charge in [-0.3, -0.25) is 29.4 Å². The molecule has 0 aliphatic carbocycles. The predicted molar refractivity (Wildman–Crippen MR) is 153 cm³/mol. The Morgan fingerprint density at radius 2 is 1.77 bits per heavy atom. The third kappa shape index (κ3) is 7.33. The summed E-state index contributed by atoms with van der Waals surface area (Å²) in [5.74, 6) is -1.61. The van der Waals surface area contributed by atoms with Crippen LogP contribution in [0, 0.1) is 24.0 Å². The van der Waals surface area contributed by atoms with Gasteiger partial charge in [0.2, 0.25) is 11.7 Å². The van der Waals surface area contributed by atoms with Gasteiger partial charge in [-0.25, -0.2) is 0 Å². The minimum atomic E-state index is -4.79. The summed E-state index contributed by atoms with van der Waals surface area (Å²) in [6.45, 7) is 5.04. The summed E-state index contributed by atoms with van der Waals surface area (Å²) >= 11 is 0.644. The van der Waals surface area contributed by atoms with Gasteiger partial charge in [0.25, 0.3) is 11.1 Å². The summed E-state index contributed by atoms with van der Waals surface area (Å²) in [4.78, 5) is 49.4. The minimum Gasteiger partial charge on any atom is -0.490 e. The predicted octanol–water partition coefficient (Wildman–Crippen LogP) is 7.10. The number of aryl methyl sites for hydroxylation is 2. The van der Waals surface area contributed by atoms with Crippen molar-refractivity contribution in [3.63, 3.8) is 0 Å². The molecular formula is C29H24F3N3O7S. The van der Waals surface area contributed by atoms with Crippen molar-refractivity contribution >= 4 is 46.3 Å². The third-order valence-electron chi connectivity index (χ3n) is 6.10. The number of carbonyl (C=O) groups excluding carboxylic acids is 3. The number of nitro groups is 1. The van der Waals surface area contributed by atoms with Gasteiger partial charge in [-0.05, 0) is 80.1 Å². The molecule has 0 radical (unpaired) electrons. The molecule has 4 rings (SSSR count). The van der Waals surface area contributed by atoms with E-state index in [9.17, 15) is 37.7 Å². The van der Waals surface area contributed by atoms with E-state index in [4.69, 9.17) is 9.47 Å². The van der Waals surface area contributed by atoms with Crippen LogP contribution in [0.25, 0.3) is 6.08 Å². The van der Waals surface area contributed by atoms with Gasteiger partial charge < -0.3 is 14.8 Å². The van der Waals surface area contributed by atoms with E-state index in [0.29, 0.717) is 35.1 Å². The van der Waals surface area contributed by atoms with Crippen LogP contribution >= 0.6 is 11.8 Å². The van der Waals surface area contributed by atoms with Crippen molar-refractivity contribution in [2.75, 3.05) is 18.5 Å². The van der Waals surface area contributed by atoms with Crippen molar-refractivity contribution in [2.24, 2.45) is 0 Å². The van der Waals surface area contributed by atoms with Gasteiger partial charge >= 0.3 is 11.9 Å². The van der Waals surface area contributed by atoms with E-state index in [1.54, 1.807) is 13.0 Å². The van der Waals surface area contributed by atoms with Crippen LogP contribution < -0.4 is 14.8 Å². The Hall–Kier alpha value is -4.85. The van der Waals surface area contributed by atoms with Crippen LogP contribution in [0.1, 0.15) is 29.2 Å². The smallest absolute Gasteiger partial charge is 0.416 e. The summed E-state index contributed by atoms with van der Waals surface area (Å²) in [6, 6.07) is 11.6. The molecule has 0 bridgehead atoms. The molecular weight excluding hydrogens is 591 g/mol. The third-order valence-corrected chi connectivity index (χ3v) is 7.01. The first-order valence-electron chi connectivity index (χ1n) is 12.7. The Labute approximate surface area is 247 Å². The molecule has 224 valence electrons. The maximum atomic E-state index is 13.1. The second-order valence-corrected chi connectivity index (χ2v) is 10.3. The van der Waals surface area contributed by atoms with Crippen molar-refractivity contribution in [3.8, 4) is 17.2 Å². The zero-order valence-corrected chi connectivity index (χ0v) is 23.8. The number of nitrogens with one attached hydrogen (secondary N) is 1. The highest BCUT2D eigenvalue weighted by atomic mass is 32.2. The number of hydrogen-bond acceptors (Lipinski definition) is 8.